The van der Waals surface area contributed by atoms with Gasteiger partial charge >= 0.3 is 5.69 Å². The third kappa shape index (κ3) is 15.9. The third-order valence-corrected chi connectivity index (χ3v) is 12.9. The number of rotatable bonds is 5. The number of carbonyl (C=O) groups excluding carboxylic acids is 3. The van der Waals surface area contributed by atoms with Crippen LogP contribution >= 0.6 is 0 Å². The first-order valence-corrected chi connectivity index (χ1v) is 27.1. The fraction of sp³-hybridized carbons (Fsp3) is 0.492. The predicted molar refractivity (Wildman–Crippen MR) is 324 cm³/mol. The van der Waals surface area contributed by atoms with Crippen LogP contribution in [0.3, 0.4) is 0 Å². The summed E-state index contributed by atoms with van der Waals surface area (Å²) >= 11 is 0. The van der Waals surface area contributed by atoms with Crippen LogP contribution < -0.4 is 21.9 Å². The van der Waals surface area contributed by atoms with Crippen LogP contribution in [0.15, 0.2) is 71.2 Å². The minimum Gasteiger partial charge on any atom is -0.330 e. The highest BCUT2D eigenvalue weighted by atomic mass is 16.2. The molecule has 2 amide bonds. The summed E-state index contributed by atoms with van der Waals surface area (Å²) in [7, 11) is 0. The Bertz CT molecular complexity index is 3650. The molecule has 10 heterocycles. The predicted octanol–water partition coefficient (Wildman–Crippen LogP) is 10.1. The Hall–Kier alpha value is -8.50. The molecule has 0 aliphatic carbocycles. The molecule has 0 saturated carbocycles. The standard InChI is InChI=1S/C11H15N3.C10H14N4O.C10H14N4.C9H12N4O.C9H14N2O.C9H13NO2.CH4/c1-7(2)14-6-5-10-8(3)12-9(4)13-11(10)14;1-6-12-8-7(9(15)13-6)11-5-14(8)10(2,3)4;1-6(2)14-5-11-9-7(3)12-8(4)13-10(9)14;1-5(2)13-4-10-7-8(13)11-6(3)12-9(7)14;1-6(2)11-5-7(3)8(4)10-9(11)12;1-6(2)10-5-7(3)8(11)4-9(10)12;/h5-7H,1-4H3;5,12H,1H2,2-4H3,(H,13,15);5-6H,1-4H3;4-5H,1-3H3,(H,11,12,14);5-6H,1-4H3;5-6H,4H2,1-3H3;1H4. The summed E-state index contributed by atoms with van der Waals surface area (Å²) in [6, 6.07) is 3.50. The molecule has 2 aliphatic heterocycles. The van der Waals surface area contributed by atoms with Crippen molar-refractivity contribution in [1.82, 2.24) is 82.9 Å². The lowest BCUT2D eigenvalue weighted by Crippen LogP contribution is -2.37. The van der Waals surface area contributed by atoms with E-state index in [-0.39, 0.29) is 66.4 Å². The minimum atomic E-state index is -0.211. The number of amides is 2. The maximum Gasteiger partial charge on any atom is 0.348 e. The van der Waals surface area contributed by atoms with E-state index in [4.69, 9.17) is 0 Å². The summed E-state index contributed by atoms with van der Waals surface area (Å²) in [5.41, 5.74) is 8.47. The van der Waals surface area contributed by atoms with Gasteiger partial charge in [0, 0.05) is 71.0 Å². The summed E-state index contributed by atoms with van der Waals surface area (Å²) in [5, 5.41) is 6.76. The van der Waals surface area contributed by atoms with E-state index in [0.29, 0.717) is 52.0 Å². The molecular weight excluding hydrogens is 1040 g/mol. The van der Waals surface area contributed by atoms with E-state index in [0.717, 1.165) is 56.5 Å². The maximum atomic E-state index is 11.5. The highest BCUT2D eigenvalue weighted by molar-refractivity contribution is 6.09. The number of aromatic amines is 1. The molecule has 10 rings (SSSR count). The zero-order chi connectivity index (χ0) is 60.7. The number of hydrogen-bond acceptors (Lipinski definition) is 15. The van der Waals surface area contributed by atoms with E-state index in [1.54, 1.807) is 42.2 Å². The van der Waals surface area contributed by atoms with Gasteiger partial charge in [0.2, 0.25) is 5.91 Å². The summed E-state index contributed by atoms with van der Waals surface area (Å²) < 4.78 is 9.69. The van der Waals surface area contributed by atoms with Crippen molar-refractivity contribution in [1.29, 1.82) is 0 Å². The van der Waals surface area contributed by atoms with Crippen LogP contribution in [0.25, 0.3) is 33.4 Å². The number of anilines is 1. The van der Waals surface area contributed by atoms with Gasteiger partial charge in [-0.15, -0.1) is 0 Å². The Balaban J connectivity index is 0.000000211. The first-order valence-electron chi connectivity index (χ1n) is 27.1. The summed E-state index contributed by atoms with van der Waals surface area (Å²) in [5.74, 6) is 3.09. The van der Waals surface area contributed by atoms with E-state index < -0.39 is 0 Å². The number of hydrogen-bond donors (Lipinski definition) is 3. The van der Waals surface area contributed by atoms with Crippen LogP contribution in [-0.4, -0.2) is 101 Å². The number of allylic oxidation sites excluding steroid dienone is 1. The van der Waals surface area contributed by atoms with Crippen LogP contribution in [-0.2, 0) is 15.1 Å². The second-order valence-electron chi connectivity index (χ2n) is 22.4. The average Bonchev–Trinajstić information content (AvgIpc) is 4.23. The number of ketones is 1. The third-order valence-electron chi connectivity index (χ3n) is 12.9. The Kier molecular flexibility index (Phi) is 22.0. The largest absolute Gasteiger partial charge is 0.348 e. The van der Waals surface area contributed by atoms with Crippen LogP contribution in [0, 0.1) is 48.5 Å². The molecule has 2 aliphatic rings. The van der Waals surface area contributed by atoms with Gasteiger partial charge in [0.05, 0.1) is 36.8 Å². The van der Waals surface area contributed by atoms with Crippen molar-refractivity contribution in [3.63, 3.8) is 0 Å². The zero-order valence-electron chi connectivity index (χ0n) is 51.1. The molecule has 3 N–H and O–H groups in total. The second-order valence-corrected chi connectivity index (χ2v) is 22.4. The normalized spacial score (nSPS) is 13.0. The first-order chi connectivity index (χ1) is 37.7. The lowest BCUT2D eigenvalue weighted by atomic mass is 10.1. The number of imidazole rings is 3. The molecule has 442 valence electrons. The van der Waals surface area contributed by atoms with Crippen LogP contribution in [0.2, 0.25) is 0 Å². The van der Waals surface area contributed by atoms with Gasteiger partial charge in [-0.1, -0.05) is 14.0 Å². The number of aryl methyl sites for hydroxylation is 7. The number of nitrogens with one attached hydrogen (secondary N) is 3. The monoisotopic (exact) mass is 1130 g/mol. The Morgan fingerprint density at radius 3 is 1.67 bits per heavy atom. The molecular formula is C59H86N18O5. The molecule has 8 aromatic rings. The van der Waals surface area contributed by atoms with Gasteiger partial charge in [0.25, 0.3) is 11.5 Å². The smallest absolute Gasteiger partial charge is 0.330 e. The van der Waals surface area contributed by atoms with Gasteiger partial charge in [0.15, 0.2) is 28.3 Å². The number of aromatic nitrogens is 15. The van der Waals surface area contributed by atoms with Gasteiger partial charge in [-0.2, -0.15) is 4.98 Å². The molecule has 23 nitrogen and oxygen atoms in total. The molecule has 0 atom stereocenters. The van der Waals surface area contributed by atoms with Gasteiger partial charge < -0.3 is 38.8 Å². The lowest BCUT2D eigenvalue weighted by Gasteiger charge is -2.26. The Labute approximate surface area is 480 Å². The molecule has 0 bridgehead atoms. The quantitative estimate of drug-likeness (QED) is 0.135. The van der Waals surface area contributed by atoms with Gasteiger partial charge in [-0.3, -0.25) is 23.7 Å². The average molecular weight is 1130 g/mol. The fourth-order valence-electron chi connectivity index (χ4n) is 8.41. The molecule has 0 saturated heterocycles. The Morgan fingerprint density at radius 2 is 1.12 bits per heavy atom. The van der Waals surface area contributed by atoms with Crippen LogP contribution in [0.5, 0.6) is 0 Å². The maximum absolute atomic E-state index is 11.5. The molecule has 8 aromatic heterocycles. The highest BCUT2D eigenvalue weighted by Crippen LogP contribution is 2.27. The van der Waals surface area contributed by atoms with Crippen molar-refractivity contribution in [2.24, 2.45) is 0 Å². The fourth-order valence-corrected chi connectivity index (χ4v) is 8.41. The summed E-state index contributed by atoms with van der Waals surface area (Å²) in [6.45, 7) is 45.4. The van der Waals surface area contributed by atoms with Gasteiger partial charge in [-0.05, 0) is 157 Å². The molecule has 0 aromatic carbocycles. The SMILES string of the molecule is C.C=C1NC(=O)c2ncn(C(C)(C)C)c2N1.CC1=CN(C(C)C)C(=O)CC1=O.Cc1cn(C(C)C)c(=O)nc1C.Cc1nc(C)c2ccn(C(C)C)c2n1.Cc1nc(C)c2ncn(C(C)C)c2n1.Cc1nc2c(ncn2C(C)C)c(=O)[nH]1. The number of Topliss-reactive ketones (excluding diaryl/α,β-unsaturated/α-hetero) is 1. The van der Waals surface area contributed by atoms with Crippen LogP contribution in [0.4, 0.5) is 5.82 Å². The molecule has 0 spiro atoms. The molecule has 0 radical (unpaired) electrons. The van der Waals surface area contributed by atoms with E-state index in [1.807, 2.05) is 126 Å². The number of H-pyrrole nitrogens is 1. The Morgan fingerprint density at radius 1 is 0.585 bits per heavy atom. The van der Waals surface area contributed by atoms with Crippen molar-refractivity contribution in [3.05, 3.63) is 128 Å². The number of carbonyl (C=O) groups is 3. The van der Waals surface area contributed by atoms with Crippen molar-refractivity contribution in [3.8, 4) is 0 Å². The number of fused-ring (bicyclic) bond motifs is 4. The molecule has 0 unspecified atom stereocenters. The molecule has 82 heavy (non-hydrogen) atoms. The topological polar surface area (TPSA) is 269 Å². The van der Waals surface area contributed by atoms with Crippen LogP contribution in [0.1, 0.15) is 186 Å². The van der Waals surface area contributed by atoms with E-state index in [9.17, 15) is 24.0 Å². The molecule has 23 heteroatoms. The number of nitrogens with zero attached hydrogens (tertiary/aromatic N) is 15. The van der Waals surface area contributed by atoms with Crippen molar-refractivity contribution >= 4 is 56.8 Å². The van der Waals surface area contributed by atoms with Crippen molar-refractivity contribution in [2.75, 3.05) is 5.32 Å². The van der Waals surface area contributed by atoms with Gasteiger partial charge in [0.1, 0.15) is 40.3 Å². The highest BCUT2D eigenvalue weighted by Gasteiger charge is 2.28. The second kappa shape index (κ2) is 27.3. The van der Waals surface area contributed by atoms with Gasteiger partial charge in [-0.25, -0.2) is 44.7 Å². The minimum absolute atomic E-state index is 0. The summed E-state index contributed by atoms with van der Waals surface area (Å²) in [6.07, 6.45) is 10.7. The molecule has 0 fully saturated rings. The van der Waals surface area contributed by atoms with E-state index in [2.05, 4.69) is 116 Å². The first kappa shape index (κ1) is 66.0. The summed E-state index contributed by atoms with van der Waals surface area (Å²) in [4.78, 5) is 99.0. The van der Waals surface area contributed by atoms with E-state index >= 15 is 0 Å². The zero-order valence-corrected chi connectivity index (χ0v) is 51.1. The lowest BCUT2D eigenvalue weighted by molar-refractivity contribution is -0.134. The van der Waals surface area contributed by atoms with Crippen molar-refractivity contribution < 1.29 is 14.4 Å². The van der Waals surface area contributed by atoms with E-state index in [1.165, 1.54) is 0 Å². The van der Waals surface area contributed by atoms with Crippen molar-refractivity contribution in [2.45, 2.75) is 195 Å².